The highest BCUT2D eigenvalue weighted by atomic mass is 33.1. The minimum atomic E-state index is -0.514. The summed E-state index contributed by atoms with van der Waals surface area (Å²) in [6.07, 6.45) is 3.28. The molecule has 1 aliphatic heterocycles. The molecule has 0 saturated heterocycles. The Bertz CT molecular complexity index is 402. The maximum Gasteiger partial charge on any atom is 0.142 e. The summed E-state index contributed by atoms with van der Waals surface area (Å²) in [5.74, 6) is 0.162. The fourth-order valence-electron chi connectivity index (χ4n) is 0.922. The van der Waals surface area contributed by atoms with Gasteiger partial charge in [-0.3, -0.25) is 10.1 Å². The number of nitrogens with two attached hydrogens (primary N) is 1. The van der Waals surface area contributed by atoms with E-state index in [1.54, 1.807) is 24.5 Å². The van der Waals surface area contributed by atoms with Gasteiger partial charge in [0.05, 0.1) is 11.1 Å². The second-order valence-corrected chi connectivity index (χ2v) is 5.22. The van der Waals surface area contributed by atoms with Crippen molar-refractivity contribution in [2.45, 2.75) is 0 Å². The summed E-state index contributed by atoms with van der Waals surface area (Å²) in [6.45, 7) is 0. The number of nitrogens with zero attached hydrogens (tertiary/aromatic N) is 2. The first-order valence-corrected chi connectivity index (χ1v) is 6.07. The van der Waals surface area contributed by atoms with Crippen LogP contribution in [0.5, 0.6) is 5.75 Å². The van der Waals surface area contributed by atoms with Crippen LogP contribution in [-0.2, 0) is 9.91 Å². The van der Waals surface area contributed by atoms with Crippen molar-refractivity contribution in [2.75, 3.05) is 0 Å². The summed E-state index contributed by atoms with van der Waals surface area (Å²) in [4.78, 5) is 4.87. The number of rotatable bonds is 1. The van der Waals surface area contributed by atoms with Crippen LogP contribution in [0.4, 0.5) is 0 Å². The van der Waals surface area contributed by atoms with Gasteiger partial charge in [-0.05, 0) is 22.9 Å². The molecule has 0 amide bonds. The summed E-state index contributed by atoms with van der Waals surface area (Å²) >= 11 is 0. The zero-order valence-corrected chi connectivity index (χ0v) is 8.18. The van der Waals surface area contributed by atoms with Crippen LogP contribution >= 0.6 is 10.8 Å². The third-order valence-corrected chi connectivity index (χ3v) is 3.74. The molecule has 1 aliphatic rings. The van der Waals surface area contributed by atoms with Crippen LogP contribution in [0.1, 0.15) is 5.69 Å². The predicted molar refractivity (Wildman–Crippen MR) is 55.5 cm³/mol. The van der Waals surface area contributed by atoms with Crippen LogP contribution in [-0.4, -0.2) is 10.1 Å². The normalized spacial score (nSPS) is 21.0. The standard InChI is InChI=1S/C7H7N3OS2/c8-13-10-4-6(12-13)7-5(11)2-1-3-9-7/h1-4,11H,(H2,8,10). The molecule has 1 aromatic rings. The van der Waals surface area contributed by atoms with Gasteiger partial charge in [0.15, 0.2) is 0 Å². The highest BCUT2D eigenvalue weighted by molar-refractivity contribution is 8.73. The molecule has 0 aromatic carbocycles. The maximum absolute atomic E-state index is 9.46. The van der Waals surface area contributed by atoms with E-state index >= 15 is 0 Å². The van der Waals surface area contributed by atoms with Crippen molar-refractivity contribution in [3.63, 3.8) is 0 Å². The molecule has 1 unspecified atom stereocenters. The SMILES string of the molecule is NS1=NC=C(c2ncccc2O)S1. The van der Waals surface area contributed by atoms with Crippen molar-refractivity contribution in [2.24, 2.45) is 9.50 Å². The maximum atomic E-state index is 9.46. The van der Waals surface area contributed by atoms with Gasteiger partial charge < -0.3 is 5.11 Å². The number of hydrogen-bond acceptors (Lipinski definition) is 5. The Labute approximate surface area is 81.5 Å². The van der Waals surface area contributed by atoms with Crippen molar-refractivity contribution in [3.8, 4) is 5.75 Å². The van der Waals surface area contributed by atoms with Crippen LogP contribution < -0.4 is 5.14 Å². The van der Waals surface area contributed by atoms with E-state index in [-0.39, 0.29) is 5.75 Å². The Morgan fingerprint density at radius 3 is 3.00 bits per heavy atom. The monoisotopic (exact) mass is 213 g/mol. The van der Waals surface area contributed by atoms with Crippen LogP contribution in [0.3, 0.4) is 0 Å². The van der Waals surface area contributed by atoms with Gasteiger partial charge in [-0.15, -0.1) is 0 Å². The average molecular weight is 213 g/mol. The largest absolute Gasteiger partial charge is 0.506 e. The van der Waals surface area contributed by atoms with Crippen LogP contribution in [0.25, 0.3) is 4.91 Å². The van der Waals surface area contributed by atoms with Gasteiger partial charge in [0, 0.05) is 16.1 Å². The summed E-state index contributed by atoms with van der Waals surface area (Å²) in [7, 11) is 0.897. The topological polar surface area (TPSA) is 71.5 Å². The molecule has 1 aromatic heterocycles. The van der Waals surface area contributed by atoms with Crippen molar-refractivity contribution < 1.29 is 5.11 Å². The zero-order chi connectivity index (χ0) is 9.26. The molecule has 3 N–H and O–H groups in total. The highest BCUT2D eigenvalue weighted by Gasteiger charge is 2.13. The van der Waals surface area contributed by atoms with Crippen LogP contribution in [0, 0.1) is 0 Å². The molecule has 0 aliphatic carbocycles. The van der Waals surface area contributed by atoms with Crippen molar-refractivity contribution in [3.05, 3.63) is 30.2 Å². The Hall–Kier alpha value is -0.850. The zero-order valence-electron chi connectivity index (χ0n) is 6.54. The van der Waals surface area contributed by atoms with Gasteiger partial charge in [0.2, 0.25) is 0 Å². The number of pyridine rings is 1. The van der Waals surface area contributed by atoms with E-state index in [1.165, 1.54) is 10.8 Å². The first-order valence-electron chi connectivity index (χ1n) is 3.50. The van der Waals surface area contributed by atoms with Gasteiger partial charge >= 0.3 is 0 Å². The molecule has 0 bridgehead atoms. The second-order valence-electron chi connectivity index (χ2n) is 2.33. The third-order valence-electron chi connectivity index (χ3n) is 1.47. The fraction of sp³-hybridized carbons (Fsp3) is 0. The van der Waals surface area contributed by atoms with Gasteiger partial charge in [-0.2, -0.15) is 0 Å². The summed E-state index contributed by atoms with van der Waals surface area (Å²) in [5.41, 5.74) is 0.553. The molecule has 0 spiro atoms. The number of hydrogen-bond donors (Lipinski definition) is 2. The molecule has 0 radical (unpaired) electrons. The first kappa shape index (κ1) is 8.74. The van der Waals surface area contributed by atoms with Crippen LogP contribution in [0.15, 0.2) is 28.9 Å². The minimum absolute atomic E-state index is 0.162. The van der Waals surface area contributed by atoms with E-state index < -0.39 is 9.91 Å². The van der Waals surface area contributed by atoms with E-state index in [0.717, 1.165) is 4.91 Å². The molecule has 13 heavy (non-hydrogen) atoms. The van der Waals surface area contributed by atoms with E-state index in [4.69, 9.17) is 5.14 Å². The molecular weight excluding hydrogens is 206 g/mol. The molecule has 0 fully saturated rings. The lowest BCUT2D eigenvalue weighted by molar-refractivity contribution is 0.471. The van der Waals surface area contributed by atoms with E-state index in [0.29, 0.717) is 5.69 Å². The molecule has 68 valence electrons. The summed E-state index contributed by atoms with van der Waals surface area (Å²) in [5, 5.41) is 15.0. The van der Waals surface area contributed by atoms with Gasteiger partial charge in [0.25, 0.3) is 0 Å². The second kappa shape index (κ2) is 3.49. The van der Waals surface area contributed by atoms with Crippen molar-refractivity contribution in [1.82, 2.24) is 4.98 Å². The number of aromatic nitrogens is 1. The number of aromatic hydroxyl groups is 1. The third kappa shape index (κ3) is 1.74. The molecule has 2 rings (SSSR count). The smallest absolute Gasteiger partial charge is 0.142 e. The molecule has 1 atom stereocenters. The first-order chi connectivity index (χ1) is 6.27. The summed E-state index contributed by atoms with van der Waals surface area (Å²) < 4.78 is 3.99. The molecule has 0 saturated carbocycles. The van der Waals surface area contributed by atoms with E-state index in [9.17, 15) is 5.11 Å². The van der Waals surface area contributed by atoms with Gasteiger partial charge in [0.1, 0.15) is 11.4 Å². The minimum Gasteiger partial charge on any atom is -0.506 e. The lowest BCUT2D eigenvalue weighted by Crippen LogP contribution is -1.92. The Morgan fingerprint density at radius 1 is 1.54 bits per heavy atom. The quantitative estimate of drug-likeness (QED) is 0.692. The molecule has 4 nitrogen and oxygen atoms in total. The Morgan fingerprint density at radius 2 is 2.38 bits per heavy atom. The lowest BCUT2D eigenvalue weighted by atomic mass is 10.3. The molecule has 6 heteroatoms. The summed E-state index contributed by atoms with van der Waals surface area (Å²) in [6, 6.07) is 3.27. The van der Waals surface area contributed by atoms with E-state index in [1.807, 2.05) is 0 Å². The molecule has 2 heterocycles. The fourth-order valence-corrected chi connectivity index (χ4v) is 2.93. The Balaban J connectivity index is 2.34. The predicted octanol–water partition coefficient (Wildman–Crippen LogP) is 1.42. The highest BCUT2D eigenvalue weighted by Crippen LogP contribution is 2.36. The Kier molecular flexibility index (Phi) is 2.34. The van der Waals surface area contributed by atoms with Crippen molar-refractivity contribution >= 4 is 25.6 Å². The van der Waals surface area contributed by atoms with Crippen molar-refractivity contribution in [1.29, 1.82) is 0 Å². The lowest BCUT2D eigenvalue weighted by Gasteiger charge is -2.01. The average Bonchev–Trinajstić information content (AvgIpc) is 2.53. The van der Waals surface area contributed by atoms with Gasteiger partial charge in [-0.1, -0.05) is 0 Å². The van der Waals surface area contributed by atoms with E-state index in [2.05, 4.69) is 9.35 Å². The van der Waals surface area contributed by atoms with Gasteiger partial charge in [-0.25, -0.2) is 4.36 Å². The molecular formula is C7H7N3OS2. The van der Waals surface area contributed by atoms with Crippen LogP contribution in [0.2, 0.25) is 0 Å².